The Hall–Kier alpha value is -4.51. The Kier molecular flexibility index (Phi) is 8.20. The van der Waals surface area contributed by atoms with Crippen LogP contribution in [0.15, 0.2) is 60.9 Å². The molecule has 2 atom stereocenters. The van der Waals surface area contributed by atoms with E-state index >= 15 is 0 Å². The number of rotatable bonds is 9. The predicted octanol–water partition coefficient (Wildman–Crippen LogP) is 5.09. The second-order valence-corrected chi connectivity index (χ2v) is 9.74. The van der Waals surface area contributed by atoms with Gasteiger partial charge in [0.1, 0.15) is 12.4 Å². The number of amides is 1. The Bertz CT molecular complexity index is 1500. The molecular weight excluding hydrogens is 515 g/mol. The highest BCUT2D eigenvalue weighted by Gasteiger charge is 2.24. The molecule has 1 fully saturated rings. The number of nitrogens with one attached hydrogen (secondary N) is 2. The third-order valence-corrected chi connectivity index (χ3v) is 6.84. The zero-order valence-corrected chi connectivity index (χ0v) is 22.0. The first-order chi connectivity index (χ1) is 19.4. The number of aliphatic hydroxyl groups is 1. The fourth-order valence-electron chi connectivity index (χ4n) is 4.80. The molecule has 3 heterocycles. The molecular formula is C29H31FN6O4. The van der Waals surface area contributed by atoms with Crippen LogP contribution in [-0.2, 0) is 0 Å². The monoisotopic (exact) mass is 546 g/mol. The molecule has 11 heteroatoms. The van der Waals surface area contributed by atoms with E-state index in [0.29, 0.717) is 41.9 Å². The molecule has 1 amide bonds. The summed E-state index contributed by atoms with van der Waals surface area (Å²) < 4.78 is 19.2. The van der Waals surface area contributed by atoms with Gasteiger partial charge >= 0.3 is 6.09 Å². The van der Waals surface area contributed by atoms with Crippen LogP contribution in [0, 0.1) is 6.92 Å². The van der Waals surface area contributed by atoms with Crippen LogP contribution in [0.25, 0.3) is 22.0 Å². The quantitative estimate of drug-likeness (QED) is 0.227. The van der Waals surface area contributed by atoms with Crippen molar-refractivity contribution < 1.29 is 24.1 Å². The standard InChI is InChI=1S/C29H31FN6O4/c1-18-9-10-21-22(6-2-8-24(21)33-16-20(37)15-30)26(18)40-27-23(7-3-12-31-27)25-11-13-32-28(35-25)34-19-5-4-14-36(17-19)29(38)39/h2-3,6-13,19-20,33,37H,4-5,14-17H2,1H3,(H,38,39)(H,32,34,35)/t19-,20?/m0/s1. The molecule has 1 unspecified atom stereocenters. The highest BCUT2D eigenvalue weighted by Crippen LogP contribution is 2.38. The summed E-state index contributed by atoms with van der Waals surface area (Å²) in [5.41, 5.74) is 2.93. The molecule has 1 saturated heterocycles. The Morgan fingerprint density at radius 2 is 2.02 bits per heavy atom. The SMILES string of the molecule is Cc1ccc2c(NCC(O)CF)cccc2c1Oc1ncccc1-c1ccnc(N[C@H]2CCCN(C(=O)O)C2)n1. The lowest BCUT2D eigenvalue weighted by molar-refractivity contribution is 0.132. The number of nitrogens with zero attached hydrogens (tertiary/aromatic N) is 4. The van der Waals surface area contributed by atoms with Gasteiger partial charge in [0.15, 0.2) is 0 Å². The maximum absolute atomic E-state index is 12.8. The van der Waals surface area contributed by atoms with Gasteiger partial charge in [0.25, 0.3) is 0 Å². The number of piperidine rings is 1. The largest absolute Gasteiger partial charge is 0.465 e. The summed E-state index contributed by atoms with van der Waals surface area (Å²) in [5, 5.41) is 27.1. The van der Waals surface area contributed by atoms with Gasteiger partial charge in [-0.2, -0.15) is 0 Å². The van der Waals surface area contributed by atoms with E-state index in [1.807, 2.05) is 43.3 Å². The van der Waals surface area contributed by atoms with Crippen molar-refractivity contribution in [3.63, 3.8) is 0 Å². The first-order valence-corrected chi connectivity index (χ1v) is 13.1. The average Bonchev–Trinajstić information content (AvgIpc) is 2.97. The van der Waals surface area contributed by atoms with Gasteiger partial charge in [-0.3, -0.25) is 0 Å². The Morgan fingerprint density at radius 3 is 2.85 bits per heavy atom. The molecule has 40 heavy (non-hydrogen) atoms. The van der Waals surface area contributed by atoms with E-state index in [2.05, 4.69) is 25.6 Å². The maximum atomic E-state index is 12.8. The Labute approximate surface area is 230 Å². The lowest BCUT2D eigenvalue weighted by Crippen LogP contribution is -2.44. The van der Waals surface area contributed by atoms with Crippen LogP contribution in [0.4, 0.5) is 20.8 Å². The molecule has 0 saturated carbocycles. The number of hydrogen-bond acceptors (Lipinski definition) is 8. The summed E-state index contributed by atoms with van der Waals surface area (Å²) >= 11 is 0. The number of likely N-dealkylation sites (tertiary alicyclic amines) is 1. The van der Waals surface area contributed by atoms with Crippen molar-refractivity contribution in [3.05, 3.63) is 66.5 Å². The molecule has 0 spiro atoms. The summed E-state index contributed by atoms with van der Waals surface area (Å²) in [4.78, 5) is 26.3. The number of halogens is 1. The minimum atomic E-state index is -1.09. The van der Waals surface area contributed by atoms with Gasteiger partial charge in [0.2, 0.25) is 11.8 Å². The second kappa shape index (κ2) is 12.1. The molecule has 10 nitrogen and oxygen atoms in total. The number of ether oxygens (including phenoxy) is 1. The maximum Gasteiger partial charge on any atom is 0.407 e. The summed E-state index contributed by atoms with van der Waals surface area (Å²) in [7, 11) is 0. The van der Waals surface area contributed by atoms with E-state index in [4.69, 9.17) is 4.74 Å². The number of alkyl halides is 1. The fourth-order valence-corrected chi connectivity index (χ4v) is 4.80. The number of aromatic nitrogens is 3. The van der Waals surface area contributed by atoms with Gasteiger partial charge in [-0.1, -0.05) is 24.3 Å². The van der Waals surface area contributed by atoms with Crippen molar-refractivity contribution in [3.8, 4) is 22.9 Å². The van der Waals surface area contributed by atoms with Gasteiger partial charge < -0.3 is 30.5 Å². The number of benzene rings is 2. The van der Waals surface area contributed by atoms with Crippen molar-refractivity contribution in [1.82, 2.24) is 19.9 Å². The van der Waals surface area contributed by atoms with Gasteiger partial charge in [0, 0.05) is 54.5 Å². The van der Waals surface area contributed by atoms with E-state index in [-0.39, 0.29) is 12.6 Å². The minimum Gasteiger partial charge on any atom is -0.465 e. The van der Waals surface area contributed by atoms with Crippen LogP contribution in [-0.4, -0.2) is 74.6 Å². The summed E-state index contributed by atoms with van der Waals surface area (Å²) in [6.45, 7) is 2.10. The van der Waals surface area contributed by atoms with Crippen LogP contribution in [0.1, 0.15) is 18.4 Å². The van der Waals surface area contributed by atoms with E-state index in [1.54, 1.807) is 24.5 Å². The van der Waals surface area contributed by atoms with Crippen molar-refractivity contribution in [1.29, 1.82) is 0 Å². The van der Waals surface area contributed by atoms with Crippen LogP contribution in [0.5, 0.6) is 11.6 Å². The molecule has 5 rings (SSSR count). The molecule has 4 N–H and O–H groups in total. The number of carboxylic acid groups (broad SMARTS) is 1. The van der Waals surface area contributed by atoms with Crippen molar-refractivity contribution in [2.24, 2.45) is 0 Å². The summed E-state index contributed by atoms with van der Waals surface area (Å²) in [6, 6.07) is 14.9. The molecule has 208 valence electrons. The number of anilines is 2. The number of hydrogen-bond donors (Lipinski definition) is 4. The molecule has 2 aromatic carbocycles. The zero-order valence-electron chi connectivity index (χ0n) is 22.0. The number of carbonyl (C=O) groups is 1. The molecule has 0 radical (unpaired) electrons. The molecule has 1 aliphatic rings. The van der Waals surface area contributed by atoms with Crippen LogP contribution >= 0.6 is 0 Å². The molecule has 0 aliphatic carbocycles. The fraction of sp³-hybridized carbons (Fsp3) is 0.310. The number of aryl methyl sites for hydroxylation is 1. The van der Waals surface area contributed by atoms with Crippen LogP contribution in [0.3, 0.4) is 0 Å². The van der Waals surface area contributed by atoms with Crippen molar-refractivity contribution in [2.75, 3.05) is 36.9 Å². The van der Waals surface area contributed by atoms with Crippen LogP contribution in [0.2, 0.25) is 0 Å². The van der Waals surface area contributed by atoms with Crippen molar-refractivity contribution in [2.45, 2.75) is 31.9 Å². The van der Waals surface area contributed by atoms with Gasteiger partial charge in [0.05, 0.1) is 17.4 Å². The highest BCUT2D eigenvalue weighted by molar-refractivity contribution is 5.98. The lowest BCUT2D eigenvalue weighted by Gasteiger charge is -2.31. The Morgan fingerprint density at radius 1 is 1.15 bits per heavy atom. The van der Waals surface area contributed by atoms with Gasteiger partial charge in [-0.25, -0.2) is 24.1 Å². The normalized spacial score (nSPS) is 16.0. The molecule has 4 aromatic rings. The third-order valence-electron chi connectivity index (χ3n) is 6.84. The highest BCUT2D eigenvalue weighted by atomic mass is 19.1. The number of aliphatic hydroxyl groups excluding tert-OH is 1. The summed E-state index contributed by atoms with van der Waals surface area (Å²) in [5.74, 6) is 1.39. The van der Waals surface area contributed by atoms with E-state index in [1.165, 1.54) is 4.90 Å². The van der Waals surface area contributed by atoms with Crippen LogP contribution < -0.4 is 15.4 Å². The molecule has 1 aliphatic heterocycles. The molecule has 2 aromatic heterocycles. The molecule has 0 bridgehead atoms. The predicted molar refractivity (Wildman–Crippen MR) is 151 cm³/mol. The first kappa shape index (κ1) is 27.1. The lowest BCUT2D eigenvalue weighted by atomic mass is 10.0. The summed E-state index contributed by atoms with van der Waals surface area (Å²) in [6.07, 6.45) is 2.86. The van der Waals surface area contributed by atoms with Crippen molar-refractivity contribution >= 4 is 28.5 Å². The smallest absolute Gasteiger partial charge is 0.407 e. The van der Waals surface area contributed by atoms with E-state index in [0.717, 1.165) is 34.9 Å². The number of pyridine rings is 1. The van der Waals surface area contributed by atoms with E-state index in [9.17, 15) is 19.4 Å². The van der Waals surface area contributed by atoms with Gasteiger partial charge in [-0.15, -0.1) is 0 Å². The Balaban J connectivity index is 1.42. The average molecular weight is 547 g/mol. The zero-order chi connectivity index (χ0) is 28.1. The third kappa shape index (κ3) is 6.04. The van der Waals surface area contributed by atoms with Gasteiger partial charge in [-0.05, 0) is 49.6 Å². The number of fused-ring (bicyclic) bond motifs is 1. The minimum absolute atomic E-state index is 0.0862. The topological polar surface area (TPSA) is 133 Å². The van der Waals surface area contributed by atoms with E-state index < -0.39 is 18.9 Å². The first-order valence-electron chi connectivity index (χ1n) is 13.1. The second-order valence-electron chi connectivity index (χ2n) is 9.74.